The summed E-state index contributed by atoms with van der Waals surface area (Å²) >= 11 is 0. The number of Topliss-reactive ketones (excluding diaryl/α,β-unsaturated/α-hetero) is 1. The van der Waals surface area contributed by atoms with Crippen molar-refractivity contribution in [1.29, 1.82) is 0 Å². The fourth-order valence-electron chi connectivity index (χ4n) is 3.90. The van der Waals surface area contributed by atoms with Crippen molar-refractivity contribution in [1.82, 2.24) is 4.98 Å². The second kappa shape index (κ2) is 7.84. The van der Waals surface area contributed by atoms with Crippen LogP contribution in [0.5, 0.6) is 0 Å². The number of benzene rings is 3. The molecule has 1 saturated carbocycles. The first-order chi connectivity index (χ1) is 15.1. The average molecular weight is 412 g/mol. The molecule has 4 aromatic rings. The Morgan fingerprint density at radius 1 is 0.871 bits per heavy atom. The fraction of sp³-hybridized carbons (Fsp3) is 0.154. The second-order valence-corrected chi connectivity index (χ2v) is 8.02. The van der Waals surface area contributed by atoms with Crippen LogP contribution in [0, 0.1) is 11.7 Å². The van der Waals surface area contributed by atoms with Gasteiger partial charge in [-0.25, -0.2) is 4.39 Å². The van der Waals surface area contributed by atoms with Crippen molar-refractivity contribution in [2.45, 2.75) is 19.3 Å². The third kappa shape index (κ3) is 3.87. The van der Waals surface area contributed by atoms with Gasteiger partial charge in [0.05, 0.1) is 0 Å². The molecule has 0 atom stereocenters. The topological polar surface area (TPSA) is 62.0 Å². The van der Waals surface area contributed by atoms with Gasteiger partial charge in [0.25, 0.3) is 5.91 Å². The molecule has 0 aliphatic heterocycles. The Morgan fingerprint density at radius 2 is 1.55 bits per heavy atom. The van der Waals surface area contributed by atoms with Crippen molar-refractivity contribution < 1.29 is 14.0 Å². The molecule has 5 heteroatoms. The zero-order valence-electron chi connectivity index (χ0n) is 16.8. The first-order valence-corrected chi connectivity index (χ1v) is 10.4. The highest BCUT2D eigenvalue weighted by atomic mass is 19.1. The van der Waals surface area contributed by atoms with E-state index in [1.54, 1.807) is 12.1 Å². The van der Waals surface area contributed by atoms with Gasteiger partial charge in [0.2, 0.25) is 0 Å². The van der Waals surface area contributed by atoms with Crippen LogP contribution in [-0.4, -0.2) is 16.7 Å². The summed E-state index contributed by atoms with van der Waals surface area (Å²) in [5.74, 6) is -0.182. The first kappa shape index (κ1) is 19.2. The zero-order chi connectivity index (χ0) is 21.4. The summed E-state index contributed by atoms with van der Waals surface area (Å²) in [5.41, 5.74) is 4.53. The van der Waals surface area contributed by atoms with E-state index in [2.05, 4.69) is 10.3 Å². The second-order valence-electron chi connectivity index (χ2n) is 8.02. The van der Waals surface area contributed by atoms with E-state index in [1.165, 1.54) is 12.1 Å². The molecule has 1 aliphatic rings. The van der Waals surface area contributed by atoms with Crippen LogP contribution in [0.15, 0.2) is 72.8 Å². The van der Waals surface area contributed by atoms with E-state index < -0.39 is 0 Å². The molecule has 4 nitrogen and oxygen atoms in total. The molecule has 1 amide bonds. The molecule has 1 heterocycles. The minimum atomic E-state index is -0.338. The van der Waals surface area contributed by atoms with Gasteiger partial charge in [-0.05, 0) is 60.4 Å². The number of nitrogens with one attached hydrogen (secondary N) is 2. The summed E-state index contributed by atoms with van der Waals surface area (Å²) in [6, 6.07) is 21.2. The normalized spacial score (nSPS) is 13.7. The van der Waals surface area contributed by atoms with Gasteiger partial charge < -0.3 is 10.3 Å². The molecule has 0 radical (unpaired) electrons. The van der Waals surface area contributed by atoms with Crippen molar-refractivity contribution in [2.75, 3.05) is 5.32 Å². The highest BCUT2D eigenvalue weighted by Crippen LogP contribution is 2.30. The molecule has 154 valence electrons. The van der Waals surface area contributed by atoms with Crippen LogP contribution in [0.3, 0.4) is 0 Å². The number of anilines is 1. The van der Waals surface area contributed by atoms with E-state index in [1.807, 2.05) is 48.5 Å². The number of carbonyl (C=O) groups is 2. The van der Waals surface area contributed by atoms with E-state index in [0.29, 0.717) is 22.3 Å². The van der Waals surface area contributed by atoms with Crippen LogP contribution >= 0.6 is 0 Å². The van der Waals surface area contributed by atoms with Crippen molar-refractivity contribution in [3.8, 4) is 11.1 Å². The van der Waals surface area contributed by atoms with Crippen molar-refractivity contribution in [3.63, 3.8) is 0 Å². The van der Waals surface area contributed by atoms with E-state index >= 15 is 0 Å². The van der Waals surface area contributed by atoms with Crippen LogP contribution in [0.25, 0.3) is 22.0 Å². The van der Waals surface area contributed by atoms with Crippen LogP contribution in [0.1, 0.15) is 40.1 Å². The smallest absolute Gasteiger partial charge is 0.272 e. The molecule has 3 aromatic carbocycles. The number of halogens is 1. The minimum absolute atomic E-state index is 0.199. The van der Waals surface area contributed by atoms with E-state index in [9.17, 15) is 14.0 Å². The number of aromatic nitrogens is 1. The SMILES string of the molecule is O=C(Nc1ccc(-c2ccc(C(=O)C3CCC3)cc2)cc1)c1cc2cc(F)ccc2[nH]1. The van der Waals surface area contributed by atoms with Gasteiger partial charge in [-0.1, -0.05) is 42.8 Å². The van der Waals surface area contributed by atoms with Gasteiger partial charge in [0.15, 0.2) is 5.78 Å². The maximum absolute atomic E-state index is 13.4. The number of rotatable bonds is 5. The number of aromatic amines is 1. The van der Waals surface area contributed by atoms with Crippen LogP contribution in [-0.2, 0) is 0 Å². The molecule has 1 aromatic heterocycles. The Kier molecular flexibility index (Phi) is 4.86. The Morgan fingerprint density at radius 3 is 2.19 bits per heavy atom. The molecule has 0 spiro atoms. The largest absolute Gasteiger partial charge is 0.351 e. The minimum Gasteiger partial charge on any atom is -0.351 e. The van der Waals surface area contributed by atoms with Gasteiger partial charge >= 0.3 is 0 Å². The van der Waals surface area contributed by atoms with Gasteiger partial charge in [0, 0.05) is 28.1 Å². The number of amides is 1. The van der Waals surface area contributed by atoms with Gasteiger partial charge in [0.1, 0.15) is 11.5 Å². The zero-order valence-corrected chi connectivity index (χ0v) is 16.8. The molecular weight excluding hydrogens is 391 g/mol. The third-order valence-corrected chi connectivity index (χ3v) is 5.95. The number of hydrogen-bond donors (Lipinski definition) is 2. The molecule has 5 rings (SSSR count). The Bertz CT molecular complexity index is 1270. The predicted molar refractivity (Wildman–Crippen MR) is 120 cm³/mol. The molecule has 1 aliphatic carbocycles. The number of fused-ring (bicyclic) bond motifs is 1. The molecule has 1 fully saturated rings. The van der Waals surface area contributed by atoms with Crippen molar-refractivity contribution >= 4 is 28.3 Å². The van der Waals surface area contributed by atoms with Gasteiger partial charge in [-0.2, -0.15) is 0 Å². The number of hydrogen-bond acceptors (Lipinski definition) is 2. The maximum Gasteiger partial charge on any atom is 0.272 e. The lowest BCUT2D eigenvalue weighted by Gasteiger charge is -2.23. The standard InChI is InChI=1S/C26H21FN2O2/c27-21-10-13-23-20(14-21)15-24(29-23)26(31)28-22-11-8-17(9-12-22)16-4-6-19(7-5-16)25(30)18-2-1-3-18/h4-15,18,29H,1-3H2,(H,28,31). The number of carbonyl (C=O) groups excluding carboxylic acids is 2. The highest BCUT2D eigenvalue weighted by molar-refractivity contribution is 6.06. The van der Waals surface area contributed by atoms with Crippen LogP contribution in [0.2, 0.25) is 0 Å². The van der Waals surface area contributed by atoms with Gasteiger partial charge in [-0.3, -0.25) is 9.59 Å². The maximum atomic E-state index is 13.4. The lowest BCUT2D eigenvalue weighted by atomic mass is 9.80. The summed E-state index contributed by atoms with van der Waals surface area (Å²) in [4.78, 5) is 27.9. The van der Waals surface area contributed by atoms with E-state index in [-0.39, 0.29) is 23.4 Å². The molecule has 0 saturated heterocycles. The molecule has 2 N–H and O–H groups in total. The summed E-state index contributed by atoms with van der Waals surface area (Å²) in [6.07, 6.45) is 3.16. The van der Waals surface area contributed by atoms with Crippen LogP contribution in [0.4, 0.5) is 10.1 Å². The highest BCUT2D eigenvalue weighted by Gasteiger charge is 2.25. The summed E-state index contributed by atoms with van der Waals surface area (Å²) in [5, 5.41) is 3.51. The average Bonchev–Trinajstić information content (AvgIpc) is 3.16. The fourth-order valence-corrected chi connectivity index (χ4v) is 3.90. The summed E-state index contributed by atoms with van der Waals surface area (Å²) in [7, 11) is 0. The molecule has 0 bridgehead atoms. The number of H-pyrrole nitrogens is 1. The van der Waals surface area contributed by atoms with E-state index in [0.717, 1.165) is 36.0 Å². The van der Waals surface area contributed by atoms with Gasteiger partial charge in [-0.15, -0.1) is 0 Å². The monoisotopic (exact) mass is 412 g/mol. The predicted octanol–water partition coefficient (Wildman–Crippen LogP) is 6.21. The Hall–Kier alpha value is -3.73. The summed E-state index contributed by atoms with van der Waals surface area (Å²) < 4.78 is 13.4. The number of ketones is 1. The van der Waals surface area contributed by atoms with Crippen molar-refractivity contribution in [3.05, 3.63) is 89.9 Å². The quantitative estimate of drug-likeness (QED) is 0.383. The van der Waals surface area contributed by atoms with E-state index in [4.69, 9.17) is 0 Å². The van der Waals surface area contributed by atoms with Crippen molar-refractivity contribution in [2.24, 2.45) is 5.92 Å². The lowest BCUT2D eigenvalue weighted by Crippen LogP contribution is -2.21. The molecule has 0 unspecified atom stereocenters. The Balaban J connectivity index is 1.28. The molecular formula is C26H21FN2O2. The first-order valence-electron chi connectivity index (χ1n) is 10.4. The molecule has 31 heavy (non-hydrogen) atoms. The lowest BCUT2D eigenvalue weighted by molar-refractivity contribution is 0.0855. The van der Waals surface area contributed by atoms with Crippen LogP contribution < -0.4 is 5.32 Å². The third-order valence-electron chi connectivity index (χ3n) is 5.95. The summed E-state index contributed by atoms with van der Waals surface area (Å²) in [6.45, 7) is 0. The Labute approximate surface area is 179 Å².